The molecule has 0 aromatic rings. The third kappa shape index (κ3) is 4.31. The monoisotopic (exact) mass is 160 g/mol. The van der Waals surface area contributed by atoms with Gasteiger partial charge in [0.2, 0.25) is 0 Å². The molecule has 0 aliphatic carbocycles. The maximum atomic E-state index is 5.35. The Morgan fingerprint density at radius 1 is 0.909 bits per heavy atom. The summed E-state index contributed by atoms with van der Waals surface area (Å²) < 4.78 is 0. The van der Waals surface area contributed by atoms with E-state index in [1.165, 1.54) is 0 Å². The van der Waals surface area contributed by atoms with Crippen molar-refractivity contribution >= 4 is 0 Å². The van der Waals surface area contributed by atoms with Gasteiger partial charge in [-0.3, -0.25) is 22.5 Å². The van der Waals surface area contributed by atoms with Crippen molar-refractivity contribution in [2.24, 2.45) is 11.7 Å². The standard InChI is InChI=1S/C7H20N4/c1-6(2,10-8)5-7(3,4)11-9/h10-11H,5,8-9H2,1-4H3. The highest BCUT2D eigenvalue weighted by molar-refractivity contribution is 4.87. The zero-order valence-corrected chi connectivity index (χ0v) is 7.86. The second kappa shape index (κ2) is 3.49. The van der Waals surface area contributed by atoms with E-state index >= 15 is 0 Å². The first kappa shape index (κ1) is 10.8. The van der Waals surface area contributed by atoms with E-state index in [1.54, 1.807) is 0 Å². The number of hydrogen-bond donors (Lipinski definition) is 4. The number of hydrazine groups is 2. The Bertz CT molecular complexity index is 106. The summed E-state index contributed by atoms with van der Waals surface area (Å²) >= 11 is 0. The molecule has 4 nitrogen and oxygen atoms in total. The molecule has 0 fully saturated rings. The maximum Gasteiger partial charge on any atom is 0.0282 e. The summed E-state index contributed by atoms with van der Waals surface area (Å²) in [6, 6.07) is 0. The smallest absolute Gasteiger partial charge is 0.0282 e. The molecule has 0 aliphatic rings. The fourth-order valence-corrected chi connectivity index (χ4v) is 1.21. The van der Waals surface area contributed by atoms with Crippen molar-refractivity contribution in [3.63, 3.8) is 0 Å². The molecular formula is C7H20N4. The predicted octanol–water partition coefficient (Wildman–Crippen LogP) is -0.140. The fraction of sp³-hybridized carbons (Fsp3) is 1.00. The molecule has 4 heteroatoms. The molecule has 0 aromatic carbocycles. The van der Waals surface area contributed by atoms with Gasteiger partial charge in [-0.15, -0.1) is 0 Å². The highest BCUT2D eigenvalue weighted by Gasteiger charge is 2.26. The first-order valence-electron chi connectivity index (χ1n) is 3.78. The van der Waals surface area contributed by atoms with Crippen molar-refractivity contribution in [3.8, 4) is 0 Å². The van der Waals surface area contributed by atoms with E-state index in [0.29, 0.717) is 0 Å². The SMILES string of the molecule is CC(C)(CC(C)(C)NN)NN. The van der Waals surface area contributed by atoms with Crippen LogP contribution in [0.25, 0.3) is 0 Å². The van der Waals surface area contributed by atoms with Gasteiger partial charge in [0.05, 0.1) is 0 Å². The van der Waals surface area contributed by atoms with Crippen molar-refractivity contribution in [2.45, 2.75) is 45.2 Å². The third-order valence-electron chi connectivity index (χ3n) is 1.67. The van der Waals surface area contributed by atoms with E-state index in [1.807, 2.05) is 27.7 Å². The Balaban J connectivity index is 4.02. The highest BCUT2D eigenvalue weighted by atomic mass is 15.3. The number of nitrogens with one attached hydrogen (secondary N) is 2. The molecule has 0 spiro atoms. The van der Waals surface area contributed by atoms with Gasteiger partial charge in [0, 0.05) is 11.1 Å². The largest absolute Gasteiger partial charge is 0.271 e. The molecule has 0 unspecified atom stereocenters. The number of nitrogens with two attached hydrogens (primary N) is 2. The van der Waals surface area contributed by atoms with Crippen LogP contribution in [-0.4, -0.2) is 11.1 Å². The van der Waals surface area contributed by atoms with Crippen LogP contribution in [-0.2, 0) is 0 Å². The van der Waals surface area contributed by atoms with Gasteiger partial charge in [-0.25, -0.2) is 0 Å². The Hall–Kier alpha value is -0.160. The molecule has 0 bridgehead atoms. The van der Waals surface area contributed by atoms with Gasteiger partial charge in [-0.05, 0) is 34.1 Å². The zero-order chi connectivity index (χ0) is 9.12. The van der Waals surface area contributed by atoms with E-state index in [0.717, 1.165) is 6.42 Å². The lowest BCUT2D eigenvalue weighted by molar-refractivity contribution is 0.253. The Kier molecular flexibility index (Phi) is 3.44. The Labute approximate surface area is 68.6 Å². The van der Waals surface area contributed by atoms with Crippen LogP contribution in [0.1, 0.15) is 34.1 Å². The van der Waals surface area contributed by atoms with Crippen LogP contribution in [0.15, 0.2) is 0 Å². The average Bonchev–Trinajstić information content (AvgIpc) is 1.86. The van der Waals surface area contributed by atoms with Crippen molar-refractivity contribution in [3.05, 3.63) is 0 Å². The van der Waals surface area contributed by atoms with E-state index in [-0.39, 0.29) is 11.1 Å². The molecule has 68 valence electrons. The lowest BCUT2D eigenvalue weighted by atomic mass is 9.88. The van der Waals surface area contributed by atoms with E-state index in [2.05, 4.69) is 10.9 Å². The van der Waals surface area contributed by atoms with E-state index < -0.39 is 0 Å². The van der Waals surface area contributed by atoms with Crippen LogP contribution in [0.3, 0.4) is 0 Å². The molecule has 0 rings (SSSR count). The molecule has 6 N–H and O–H groups in total. The molecule has 0 saturated carbocycles. The number of hydrogen-bond acceptors (Lipinski definition) is 4. The fourth-order valence-electron chi connectivity index (χ4n) is 1.21. The summed E-state index contributed by atoms with van der Waals surface area (Å²) in [6.07, 6.45) is 0.868. The molecule has 0 heterocycles. The van der Waals surface area contributed by atoms with Crippen LogP contribution in [0.5, 0.6) is 0 Å². The minimum atomic E-state index is -0.0874. The number of rotatable bonds is 4. The summed E-state index contributed by atoms with van der Waals surface area (Å²) in [5.74, 6) is 10.7. The van der Waals surface area contributed by atoms with Crippen molar-refractivity contribution in [1.82, 2.24) is 10.9 Å². The summed E-state index contributed by atoms with van der Waals surface area (Å²) in [6.45, 7) is 8.14. The topological polar surface area (TPSA) is 76.1 Å². The minimum Gasteiger partial charge on any atom is -0.271 e. The van der Waals surface area contributed by atoms with Gasteiger partial charge >= 0.3 is 0 Å². The van der Waals surface area contributed by atoms with Crippen LogP contribution >= 0.6 is 0 Å². The second-order valence-electron chi connectivity index (χ2n) is 4.23. The molecule has 0 atom stereocenters. The van der Waals surface area contributed by atoms with Crippen molar-refractivity contribution in [1.29, 1.82) is 0 Å². The molecule has 0 amide bonds. The van der Waals surface area contributed by atoms with Crippen molar-refractivity contribution < 1.29 is 0 Å². The quantitative estimate of drug-likeness (QED) is 0.341. The van der Waals surface area contributed by atoms with Gasteiger partial charge in [0.15, 0.2) is 0 Å². The highest BCUT2D eigenvalue weighted by Crippen LogP contribution is 2.17. The molecule has 0 aromatic heterocycles. The Morgan fingerprint density at radius 2 is 1.18 bits per heavy atom. The van der Waals surface area contributed by atoms with Gasteiger partial charge in [-0.2, -0.15) is 0 Å². The molecule has 0 radical (unpaired) electrons. The minimum absolute atomic E-state index is 0.0874. The lowest BCUT2D eigenvalue weighted by Gasteiger charge is -2.33. The average molecular weight is 160 g/mol. The summed E-state index contributed by atoms with van der Waals surface area (Å²) in [5, 5.41) is 0. The van der Waals surface area contributed by atoms with Gasteiger partial charge in [-0.1, -0.05) is 0 Å². The van der Waals surface area contributed by atoms with E-state index in [4.69, 9.17) is 11.7 Å². The van der Waals surface area contributed by atoms with Crippen molar-refractivity contribution in [2.75, 3.05) is 0 Å². The molecule has 0 aliphatic heterocycles. The normalized spacial score (nSPS) is 13.6. The van der Waals surface area contributed by atoms with Gasteiger partial charge in [0.1, 0.15) is 0 Å². The molecular weight excluding hydrogens is 140 g/mol. The first-order chi connectivity index (χ1) is 4.83. The second-order valence-corrected chi connectivity index (χ2v) is 4.23. The van der Waals surface area contributed by atoms with Gasteiger partial charge < -0.3 is 0 Å². The lowest BCUT2D eigenvalue weighted by Crippen LogP contribution is -2.54. The zero-order valence-electron chi connectivity index (χ0n) is 7.86. The van der Waals surface area contributed by atoms with Crippen LogP contribution in [0, 0.1) is 0 Å². The summed E-state index contributed by atoms with van der Waals surface area (Å²) in [5.41, 5.74) is 5.30. The maximum absolute atomic E-state index is 5.35. The third-order valence-corrected chi connectivity index (χ3v) is 1.67. The van der Waals surface area contributed by atoms with Gasteiger partial charge in [0.25, 0.3) is 0 Å². The molecule has 11 heavy (non-hydrogen) atoms. The Morgan fingerprint density at radius 3 is 1.36 bits per heavy atom. The first-order valence-corrected chi connectivity index (χ1v) is 3.78. The van der Waals surface area contributed by atoms with E-state index in [9.17, 15) is 0 Å². The van der Waals surface area contributed by atoms with Crippen LogP contribution in [0.2, 0.25) is 0 Å². The summed E-state index contributed by atoms with van der Waals surface area (Å²) in [7, 11) is 0. The molecule has 0 saturated heterocycles. The summed E-state index contributed by atoms with van der Waals surface area (Å²) in [4.78, 5) is 0. The van der Waals surface area contributed by atoms with Crippen LogP contribution in [0.4, 0.5) is 0 Å². The van der Waals surface area contributed by atoms with Crippen LogP contribution < -0.4 is 22.5 Å². The predicted molar refractivity (Wildman–Crippen MR) is 47.4 cm³/mol.